The number of amides is 1. The fraction of sp³-hybridized carbons (Fsp3) is 0.476. The molecule has 2 aromatic rings. The zero-order valence-electron chi connectivity index (χ0n) is 17.1. The van der Waals surface area contributed by atoms with Crippen molar-refractivity contribution >= 4 is 17.3 Å². The number of nitrogens with one attached hydrogen (secondary N) is 1. The van der Waals surface area contributed by atoms with Crippen molar-refractivity contribution in [3.05, 3.63) is 41.9 Å². The van der Waals surface area contributed by atoms with Crippen LogP contribution in [0.1, 0.15) is 36.8 Å². The molecule has 0 saturated carbocycles. The third kappa shape index (κ3) is 4.98. The Labute approximate surface area is 166 Å². The average molecular weight is 383 g/mol. The molecule has 7 nitrogen and oxygen atoms in total. The number of aromatic nitrogens is 2. The lowest BCUT2D eigenvalue weighted by molar-refractivity contribution is 0.102. The summed E-state index contributed by atoms with van der Waals surface area (Å²) in [5, 5.41) is 2.94. The summed E-state index contributed by atoms with van der Waals surface area (Å²) in [5.74, 6) is 0.133. The van der Waals surface area contributed by atoms with E-state index < -0.39 is 0 Å². The molecule has 1 aliphatic heterocycles. The second-order valence-corrected chi connectivity index (χ2v) is 7.30. The largest absolute Gasteiger partial charge is 0.477 e. The first-order valence-electron chi connectivity index (χ1n) is 9.83. The molecule has 1 aromatic heterocycles. The van der Waals surface area contributed by atoms with E-state index in [-0.39, 0.29) is 11.6 Å². The minimum atomic E-state index is -0.281. The van der Waals surface area contributed by atoms with Crippen LogP contribution in [0.15, 0.2) is 30.6 Å². The average Bonchev–Trinajstić information content (AvgIpc) is 2.68. The Morgan fingerprint density at radius 1 is 1.14 bits per heavy atom. The smallest absolute Gasteiger partial charge is 0.275 e. The predicted molar refractivity (Wildman–Crippen MR) is 111 cm³/mol. The lowest BCUT2D eigenvalue weighted by Crippen LogP contribution is -2.48. The summed E-state index contributed by atoms with van der Waals surface area (Å²) in [6, 6.07) is 6.73. The molecule has 7 heteroatoms. The summed E-state index contributed by atoms with van der Waals surface area (Å²) in [7, 11) is 0. The topological polar surface area (TPSA) is 70.6 Å². The molecule has 2 heterocycles. The first-order chi connectivity index (χ1) is 13.5. The maximum atomic E-state index is 12.5. The molecule has 0 spiro atoms. The number of rotatable bonds is 6. The summed E-state index contributed by atoms with van der Waals surface area (Å²) in [6.45, 7) is 13.0. The van der Waals surface area contributed by atoms with E-state index in [9.17, 15) is 4.79 Å². The van der Waals surface area contributed by atoms with Gasteiger partial charge in [0.15, 0.2) is 0 Å². The molecule has 0 unspecified atom stereocenters. The van der Waals surface area contributed by atoms with Gasteiger partial charge in [-0.2, -0.15) is 0 Å². The molecular formula is C21H29N5O2. The minimum Gasteiger partial charge on any atom is -0.477 e. The van der Waals surface area contributed by atoms with Crippen LogP contribution >= 0.6 is 0 Å². The van der Waals surface area contributed by atoms with Crippen molar-refractivity contribution in [3.8, 4) is 5.88 Å². The van der Waals surface area contributed by atoms with Crippen molar-refractivity contribution in [2.75, 3.05) is 43.0 Å². The SMILES string of the molecule is CCOc1cnc(C(=O)Nc2cc(C)cc(N3CCN(C(C)C)CC3)c2)cn1. The van der Waals surface area contributed by atoms with Crippen LogP contribution in [0, 0.1) is 6.92 Å². The van der Waals surface area contributed by atoms with Crippen molar-refractivity contribution in [2.24, 2.45) is 0 Å². The van der Waals surface area contributed by atoms with Gasteiger partial charge in [0.25, 0.3) is 5.91 Å². The number of aryl methyl sites for hydroxylation is 1. The van der Waals surface area contributed by atoms with Gasteiger partial charge >= 0.3 is 0 Å². The van der Waals surface area contributed by atoms with Gasteiger partial charge in [-0.25, -0.2) is 9.97 Å². The maximum absolute atomic E-state index is 12.5. The van der Waals surface area contributed by atoms with Crippen LogP contribution in [-0.2, 0) is 0 Å². The first-order valence-corrected chi connectivity index (χ1v) is 9.83. The molecule has 0 bridgehead atoms. The Kier molecular flexibility index (Phi) is 6.46. The summed E-state index contributed by atoms with van der Waals surface area (Å²) < 4.78 is 5.27. The Balaban J connectivity index is 1.68. The fourth-order valence-corrected chi connectivity index (χ4v) is 3.37. The van der Waals surface area contributed by atoms with Gasteiger partial charge in [0.1, 0.15) is 5.69 Å². The standard InChI is InChI=1S/C21H29N5O2/c1-5-28-20-14-22-19(13-23-20)21(27)24-17-10-16(4)11-18(12-17)26-8-6-25(7-9-26)15(2)3/h10-15H,5-9H2,1-4H3,(H,24,27). The lowest BCUT2D eigenvalue weighted by atomic mass is 10.1. The van der Waals surface area contributed by atoms with Crippen LogP contribution < -0.4 is 15.0 Å². The molecule has 1 aliphatic rings. The third-order valence-corrected chi connectivity index (χ3v) is 4.88. The molecule has 1 aromatic carbocycles. The summed E-state index contributed by atoms with van der Waals surface area (Å²) in [4.78, 5) is 25.6. The highest BCUT2D eigenvalue weighted by atomic mass is 16.5. The zero-order chi connectivity index (χ0) is 20.1. The number of carbonyl (C=O) groups is 1. The monoisotopic (exact) mass is 383 g/mol. The van der Waals surface area contributed by atoms with Crippen LogP contribution in [0.3, 0.4) is 0 Å². The van der Waals surface area contributed by atoms with E-state index in [2.05, 4.69) is 45.0 Å². The molecule has 0 radical (unpaired) electrons. The van der Waals surface area contributed by atoms with Gasteiger partial charge in [-0.3, -0.25) is 9.69 Å². The third-order valence-electron chi connectivity index (χ3n) is 4.88. The minimum absolute atomic E-state index is 0.261. The van der Waals surface area contributed by atoms with E-state index in [1.165, 1.54) is 12.4 Å². The van der Waals surface area contributed by atoms with E-state index >= 15 is 0 Å². The van der Waals surface area contributed by atoms with Crippen molar-refractivity contribution in [1.82, 2.24) is 14.9 Å². The quantitative estimate of drug-likeness (QED) is 0.827. The second kappa shape index (κ2) is 9.01. The number of benzene rings is 1. The molecule has 1 saturated heterocycles. The van der Waals surface area contributed by atoms with Gasteiger partial charge in [0.2, 0.25) is 5.88 Å². The van der Waals surface area contributed by atoms with Crippen LogP contribution in [0.4, 0.5) is 11.4 Å². The van der Waals surface area contributed by atoms with Crippen LogP contribution in [0.25, 0.3) is 0 Å². The van der Waals surface area contributed by atoms with Crippen molar-refractivity contribution in [2.45, 2.75) is 33.7 Å². The molecule has 28 heavy (non-hydrogen) atoms. The highest BCUT2D eigenvalue weighted by molar-refractivity contribution is 6.03. The van der Waals surface area contributed by atoms with Gasteiger partial charge < -0.3 is 15.0 Å². The first kappa shape index (κ1) is 20.1. The Morgan fingerprint density at radius 2 is 1.89 bits per heavy atom. The van der Waals surface area contributed by atoms with E-state index in [1.807, 2.05) is 26.0 Å². The number of hydrogen-bond acceptors (Lipinski definition) is 6. The normalized spacial score (nSPS) is 15.0. The summed E-state index contributed by atoms with van der Waals surface area (Å²) in [5.41, 5.74) is 3.27. The number of carbonyl (C=O) groups excluding carboxylic acids is 1. The summed E-state index contributed by atoms with van der Waals surface area (Å²) >= 11 is 0. The van der Waals surface area contributed by atoms with Crippen LogP contribution in [0.5, 0.6) is 5.88 Å². The Morgan fingerprint density at radius 3 is 2.50 bits per heavy atom. The highest BCUT2D eigenvalue weighted by Crippen LogP contribution is 2.24. The molecule has 1 fully saturated rings. The summed E-state index contributed by atoms with van der Waals surface area (Å²) in [6.07, 6.45) is 2.90. The van der Waals surface area contributed by atoms with Gasteiger partial charge in [0.05, 0.1) is 19.0 Å². The van der Waals surface area contributed by atoms with Gasteiger partial charge in [-0.05, 0) is 51.5 Å². The van der Waals surface area contributed by atoms with Gasteiger partial charge in [-0.15, -0.1) is 0 Å². The second-order valence-electron chi connectivity index (χ2n) is 7.30. The number of nitrogens with zero attached hydrogens (tertiary/aromatic N) is 4. The van der Waals surface area contributed by atoms with Crippen LogP contribution in [-0.4, -0.2) is 59.6 Å². The molecule has 150 valence electrons. The fourth-order valence-electron chi connectivity index (χ4n) is 3.37. The molecule has 0 atom stereocenters. The van der Waals surface area contributed by atoms with Crippen molar-refractivity contribution in [3.63, 3.8) is 0 Å². The van der Waals surface area contributed by atoms with Gasteiger partial charge in [0, 0.05) is 43.6 Å². The number of hydrogen-bond donors (Lipinski definition) is 1. The van der Waals surface area contributed by atoms with E-state index in [4.69, 9.17) is 4.74 Å². The number of anilines is 2. The van der Waals surface area contributed by atoms with E-state index in [0.717, 1.165) is 43.1 Å². The molecule has 0 aliphatic carbocycles. The predicted octanol–water partition coefficient (Wildman–Crippen LogP) is 2.97. The molecule has 1 N–H and O–H groups in total. The van der Waals surface area contributed by atoms with Gasteiger partial charge in [-0.1, -0.05) is 0 Å². The lowest BCUT2D eigenvalue weighted by Gasteiger charge is -2.38. The van der Waals surface area contributed by atoms with Crippen molar-refractivity contribution < 1.29 is 9.53 Å². The van der Waals surface area contributed by atoms with Crippen molar-refractivity contribution in [1.29, 1.82) is 0 Å². The molecule has 3 rings (SSSR count). The van der Waals surface area contributed by atoms with E-state index in [0.29, 0.717) is 18.5 Å². The maximum Gasteiger partial charge on any atom is 0.275 e. The Bertz CT molecular complexity index is 799. The molecule has 1 amide bonds. The number of piperazine rings is 1. The highest BCUT2D eigenvalue weighted by Gasteiger charge is 2.19. The van der Waals surface area contributed by atoms with Crippen LogP contribution in [0.2, 0.25) is 0 Å². The van der Waals surface area contributed by atoms with E-state index in [1.54, 1.807) is 0 Å². The number of ether oxygens (including phenoxy) is 1. The zero-order valence-corrected chi connectivity index (χ0v) is 17.1. The molecular weight excluding hydrogens is 354 g/mol. The Hall–Kier alpha value is -2.67.